The van der Waals surface area contributed by atoms with Crippen LogP contribution in [-0.2, 0) is 35.3 Å². The van der Waals surface area contributed by atoms with Crippen molar-refractivity contribution in [2.24, 2.45) is 0 Å². The second-order valence-corrected chi connectivity index (χ2v) is 13.9. The number of rotatable bonds is 10. The molecule has 0 amide bonds. The van der Waals surface area contributed by atoms with Crippen molar-refractivity contribution < 1.29 is 9.59 Å². The van der Waals surface area contributed by atoms with E-state index in [9.17, 15) is 9.59 Å². The Morgan fingerprint density at radius 1 is 0.762 bits per heavy atom. The number of halogens is 2. The molecule has 1 aliphatic rings. The van der Waals surface area contributed by atoms with Crippen LogP contribution in [0.3, 0.4) is 0 Å². The summed E-state index contributed by atoms with van der Waals surface area (Å²) in [6, 6.07) is 14.6. The normalized spacial score (nSPS) is 13.0. The number of Topliss-reactive ketones (excluding diaryl/α,β-unsaturated/α-hetero) is 2. The van der Waals surface area contributed by atoms with Gasteiger partial charge in [-0.05, 0) is 60.2 Å². The first kappa shape index (κ1) is 27.8. The van der Waals surface area contributed by atoms with Gasteiger partial charge in [0.05, 0.1) is 16.9 Å². The lowest BCUT2D eigenvalue weighted by molar-refractivity contribution is -0.116. The maximum atomic E-state index is 12.9. The fourth-order valence-corrected chi connectivity index (χ4v) is 8.49. The van der Waals surface area contributed by atoms with Crippen LogP contribution in [-0.4, -0.2) is 52.3 Å². The quantitative estimate of drug-likeness (QED) is 0.153. The summed E-state index contributed by atoms with van der Waals surface area (Å²) < 4.78 is 3.93. The van der Waals surface area contributed by atoms with Crippen LogP contribution in [0.2, 0.25) is 10.0 Å². The average molecular weight is 654 g/mol. The minimum atomic E-state index is 0.0736. The van der Waals surface area contributed by atoms with E-state index < -0.39 is 0 Å². The highest BCUT2D eigenvalue weighted by Crippen LogP contribution is 2.41. The predicted molar refractivity (Wildman–Crippen MR) is 169 cm³/mol. The lowest BCUT2D eigenvalue weighted by Crippen LogP contribution is -2.07. The molecule has 0 radical (unpaired) electrons. The van der Waals surface area contributed by atoms with Gasteiger partial charge in [-0.3, -0.25) is 9.59 Å². The Morgan fingerprint density at radius 3 is 1.95 bits per heavy atom. The standard InChI is InChI=1S/C29H22Cl2N6O2S3/c30-18-8-4-16(5-9-18)12-20(38)14-40-28-34-32-25-24-22-2-1-3-23(22)42-26(24)37-27(36(25)28)33-35-29(37)41-15-21(39)13-17-6-10-19(31)11-7-17/h4-11H,1-3,12-15H2. The van der Waals surface area contributed by atoms with E-state index in [4.69, 9.17) is 23.2 Å². The van der Waals surface area contributed by atoms with E-state index in [2.05, 4.69) is 20.4 Å². The highest BCUT2D eigenvalue weighted by Gasteiger charge is 2.27. The van der Waals surface area contributed by atoms with Crippen molar-refractivity contribution in [2.45, 2.75) is 42.4 Å². The molecule has 0 aliphatic heterocycles. The molecule has 0 saturated heterocycles. The SMILES string of the molecule is O=C(CSc1nnc2c3c4c(sc3n3c(SCC(=O)Cc5ccc(Cl)cc5)nnc3n12)CCC4)Cc1ccc(Cl)cc1. The minimum absolute atomic E-state index is 0.0736. The monoisotopic (exact) mass is 652 g/mol. The molecule has 8 nitrogen and oxygen atoms in total. The smallest absolute Gasteiger partial charge is 0.245 e. The number of thiophene rings is 1. The second kappa shape index (κ2) is 11.6. The fourth-order valence-electron chi connectivity index (χ4n) is 5.21. The van der Waals surface area contributed by atoms with Crippen molar-refractivity contribution in [3.8, 4) is 0 Å². The lowest BCUT2D eigenvalue weighted by Gasteiger charge is -2.07. The molecule has 42 heavy (non-hydrogen) atoms. The number of aromatic nitrogens is 6. The fraction of sp³-hybridized carbons (Fsp3) is 0.241. The van der Waals surface area contributed by atoms with Crippen molar-refractivity contribution in [1.29, 1.82) is 0 Å². The topological polar surface area (TPSA) is 94.5 Å². The Labute approximate surface area is 262 Å². The third-order valence-electron chi connectivity index (χ3n) is 7.13. The number of ketones is 2. The van der Waals surface area contributed by atoms with Crippen LogP contribution in [0, 0.1) is 0 Å². The van der Waals surface area contributed by atoms with E-state index >= 15 is 0 Å². The van der Waals surface area contributed by atoms with Crippen LogP contribution >= 0.6 is 58.1 Å². The van der Waals surface area contributed by atoms with Gasteiger partial charge >= 0.3 is 0 Å². The summed E-state index contributed by atoms with van der Waals surface area (Å²) in [5, 5.41) is 21.7. The van der Waals surface area contributed by atoms with Crippen LogP contribution in [0.1, 0.15) is 28.0 Å². The van der Waals surface area contributed by atoms with Gasteiger partial charge in [0.15, 0.2) is 16.0 Å². The van der Waals surface area contributed by atoms with Gasteiger partial charge in [0.1, 0.15) is 16.4 Å². The van der Waals surface area contributed by atoms with Crippen LogP contribution in [0.15, 0.2) is 58.8 Å². The summed E-state index contributed by atoms with van der Waals surface area (Å²) in [7, 11) is 0. The number of carbonyl (C=O) groups excluding carboxylic acids is 2. The van der Waals surface area contributed by atoms with E-state index in [1.54, 1.807) is 35.6 Å². The number of hydrogen-bond acceptors (Lipinski definition) is 9. The van der Waals surface area contributed by atoms with Crippen molar-refractivity contribution in [3.63, 3.8) is 0 Å². The Bertz CT molecular complexity index is 1980. The summed E-state index contributed by atoms with van der Waals surface area (Å²) in [5.41, 5.74) is 3.87. The lowest BCUT2D eigenvalue weighted by atomic mass is 10.1. The van der Waals surface area contributed by atoms with Gasteiger partial charge in [-0.2, -0.15) is 0 Å². The van der Waals surface area contributed by atoms with Crippen LogP contribution in [0.5, 0.6) is 0 Å². The maximum Gasteiger partial charge on any atom is 0.245 e. The van der Waals surface area contributed by atoms with E-state index in [0.29, 0.717) is 39.0 Å². The highest BCUT2D eigenvalue weighted by atomic mass is 35.5. The Kier molecular flexibility index (Phi) is 7.70. The molecular formula is C29H22Cl2N6O2S3. The number of carbonyl (C=O) groups is 2. The zero-order valence-corrected chi connectivity index (χ0v) is 26.0. The number of fused-ring (bicyclic) bond motifs is 8. The third kappa shape index (κ3) is 5.33. The van der Waals surface area contributed by atoms with Crippen molar-refractivity contribution in [1.82, 2.24) is 29.2 Å². The number of benzene rings is 2. The number of hydrogen-bond donors (Lipinski definition) is 0. The molecule has 212 valence electrons. The minimum Gasteiger partial charge on any atom is -0.298 e. The molecule has 4 aromatic heterocycles. The molecule has 0 atom stereocenters. The molecule has 0 spiro atoms. The number of thioether (sulfide) groups is 2. The Morgan fingerprint density at radius 2 is 1.33 bits per heavy atom. The van der Waals surface area contributed by atoms with Crippen LogP contribution in [0.4, 0.5) is 0 Å². The number of nitrogens with zero attached hydrogens (tertiary/aromatic N) is 6. The largest absolute Gasteiger partial charge is 0.298 e. The molecule has 7 rings (SSSR count). The van der Waals surface area contributed by atoms with Crippen molar-refractivity contribution in [2.75, 3.05) is 11.5 Å². The Hall–Kier alpha value is -2.96. The first-order chi connectivity index (χ1) is 20.4. The van der Waals surface area contributed by atoms with Gasteiger partial charge in [-0.15, -0.1) is 31.7 Å². The second-order valence-electron chi connectivity index (χ2n) is 10.1. The molecule has 0 fully saturated rings. The molecule has 0 saturated carbocycles. The highest BCUT2D eigenvalue weighted by molar-refractivity contribution is 8.00. The maximum absolute atomic E-state index is 12.9. The third-order valence-corrected chi connectivity index (χ3v) is 10.9. The van der Waals surface area contributed by atoms with E-state index in [1.165, 1.54) is 34.0 Å². The molecule has 13 heteroatoms. The van der Waals surface area contributed by atoms with Gasteiger partial charge in [-0.25, -0.2) is 8.80 Å². The Balaban J connectivity index is 1.20. The van der Waals surface area contributed by atoms with Gasteiger partial charge < -0.3 is 0 Å². The van der Waals surface area contributed by atoms with E-state index in [1.807, 2.05) is 33.1 Å². The van der Waals surface area contributed by atoms with Gasteiger partial charge in [-0.1, -0.05) is 71.0 Å². The molecule has 6 aromatic rings. The van der Waals surface area contributed by atoms with Gasteiger partial charge in [0.2, 0.25) is 5.78 Å². The molecule has 1 aliphatic carbocycles. The predicted octanol–water partition coefficient (Wildman–Crippen LogP) is 6.59. The van der Waals surface area contributed by atoms with Crippen LogP contribution in [0.25, 0.3) is 21.6 Å². The zero-order valence-electron chi connectivity index (χ0n) is 22.0. The van der Waals surface area contributed by atoms with E-state index in [-0.39, 0.29) is 23.1 Å². The van der Waals surface area contributed by atoms with Crippen molar-refractivity contribution >= 4 is 91.3 Å². The molecular weight excluding hydrogens is 631 g/mol. The summed E-state index contributed by atoms with van der Waals surface area (Å²) in [5.74, 6) is 1.23. The first-order valence-corrected chi connectivity index (χ1v) is 16.8. The number of aryl methyl sites for hydroxylation is 2. The molecule has 0 unspecified atom stereocenters. The van der Waals surface area contributed by atoms with Crippen molar-refractivity contribution in [3.05, 3.63) is 80.1 Å². The summed E-state index contributed by atoms with van der Waals surface area (Å²) in [4.78, 5) is 28.0. The molecule has 2 aromatic carbocycles. The van der Waals surface area contributed by atoms with Gasteiger partial charge in [0.25, 0.3) is 0 Å². The average Bonchev–Trinajstić information content (AvgIpc) is 3.76. The van der Waals surface area contributed by atoms with E-state index in [0.717, 1.165) is 46.3 Å². The summed E-state index contributed by atoms with van der Waals surface area (Å²) in [6.45, 7) is 0. The summed E-state index contributed by atoms with van der Waals surface area (Å²) >= 11 is 16.4. The first-order valence-electron chi connectivity index (χ1n) is 13.3. The molecule has 4 heterocycles. The van der Waals surface area contributed by atoms with Gasteiger partial charge in [0, 0.05) is 27.8 Å². The molecule has 0 N–H and O–H groups in total. The zero-order chi connectivity index (χ0) is 28.8. The van der Waals surface area contributed by atoms with Crippen LogP contribution < -0.4 is 0 Å². The molecule has 0 bridgehead atoms. The summed E-state index contributed by atoms with van der Waals surface area (Å²) in [6.07, 6.45) is 3.76.